The molecule has 6 heteroatoms. The molecule has 1 amide bonds. The van der Waals surface area contributed by atoms with Crippen LogP contribution in [-0.4, -0.2) is 32.7 Å². The molecule has 0 fully saturated rings. The second-order valence-electron chi connectivity index (χ2n) is 5.15. The van der Waals surface area contributed by atoms with Gasteiger partial charge >= 0.3 is 5.97 Å². The number of hydrogen-bond acceptors (Lipinski definition) is 5. The number of benzene rings is 2. The van der Waals surface area contributed by atoms with Crippen molar-refractivity contribution in [3.63, 3.8) is 0 Å². The zero-order valence-corrected chi connectivity index (χ0v) is 14.2. The Bertz CT molecular complexity index is 751. The van der Waals surface area contributed by atoms with Crippen molar-refractivity contribution in [3.05, 3.63) is 35.9 Å². The normalized spacial score (nSPS) is 11.7. The van der Waals surface area contributed by atoms with Gasteiger partial charge in [0, 0.05) is 12.5 Å². The van der Waals surface area contributed by atoms with Crippen LogP contribution in [0.5, 0.6) is 11.5 Å². The summed E-state index contributed by atoms with van der Waals surface area (Å²) in [4.78, 5) is 24.0. The van der Waals surface area contributed by atoms with E-state index >= 15 is 0 Å². The molecule has 24 heavy (non-hydrogen) atoms. The summed E-state index contributed by atoms with van der Waals surface area (Å²) in [6.45, 7) is 3.28. The predicted molar refractivity (Wildman–Crippen MR) is 90.2 cm³/mol. The quantitative estimate of drug-likeness (QED) is 0.824. The number of rotatable bonds is 6. The number of methoxy groups -OCH3 is 2. The zero-order chi connectivity index (χ0) is 17.7. The molecule has 2 rings (SSSR count). The number of esters is 1. The third-order valence-corrected chi connectivity index (χ3v) is 3.61. The SMILES string of the molecule is CCOC(=O)[C@H](NC(C)=O)c1c(OC)ccc2ccc(OC)cc12. The lowest BCUT2D eigenvalue weighted by atomic mass is 9.97. The van der Waals surface area contributed by atoms with Crippen molar-refractivity contribution in [3.8, 4) is 11.5 Å². The Morgan fingerprint density at radius 2 is 1.83 bits per heavy atom. The summed E-state index contributed by atoms with van der Waals surface area (Å²) in [5, 5.41) is 4.30. The number of carbonyl (C=O) groups is 2. The molecule has 0 saturated heterocycles. The van der Waals surface area contributed by atoms with Crippen LogP contribution in [0, 0.1) is 0 Å². The number of hydrogen-bond donors (Lipinski definition) is 1. The van der Waals surface area contributed by atoms with Crippen LogP contribution in [0.25, 0.3) is 10.8 Å². The van der Waals surface area contributed by atoms with Gasteiger partial charge in [-0.25, -0.2) is 4.79 Å². The van der Waals surface area contributed by atoms with Crippen LogP contribution in [0.3, 0.4) is 0 Å². The van der Waals surface area contributed by atoms with E-state index < -0.39 is 12.0 Å². The monoisotopic (exact) mass is 331 g/mol. The molecular weight excluding hydrogens is 310 g/mol. The van der Waals surface area contributed by atoms with Gasteiger partial charge in [0.25, 0.3) is 0 Å². The van der Waals surface area contributed by atoms with Crippen molar-refractivity contribution < 1.29 is 23.8 Å². The maximum Gasteiger partial charge on any atom is 0.333 e. The van der Waals surface area contributed by atoms with E-state index in [2.05, 4.69) is 5.32 Å². The number of fused-ring (bicyclic) bond motifs is 1. The maximum atomic E-state index is 12.4. The molecule has 0 spiro atoms. The van der Waals surface area contributed by atoms with Crippen molar-refractivity contribution in [1.82, 2.24) is 5.32 Å². The predicted octanol–water partition coefficient (Wildman–Crippen LogP) is 2.60. The zero-order valence-electron chi connectivity index (χ0n) is 14.2. The van der Waals surface area contributed by atoms with Crippen LogP contribution >= 0.6 is 0 Å². The average molecular weight is 331 g/mol. The Morgan fingerprint density at radius 1 is 1.12 bits per heavy atom. The minimum Gasteiger partial charge on any atom is -0.497 e. The maximum absolute atomic E-state index is 12.4. The summed E-state index contributed by atoms with van der Waals surface area (Å²) >= 11 is 0. The lowest BCUT2D eigenvalue weighted by Gasteiger charge is -2.21. The molecule has 2 aromatic rings. The van der Waals surface area contributed by atoms with E-state index in [4.69, 9.17) is 14.2 Å². The minimum absolute atomic E-state index is 0.214. The van der Waals surface area contributed by atoms with Crippen molar-refractivity contribution in [1.29, 1.82) is 0 Å². The number of ether oxygens (including phenoxy) is 3. The molecule has 0 bridgehead atoms. The molecule has 0 aliphatic rings. The molecule has 0 unspecified atom stereocenters. The highest BCUT2D eigenvalue weighted by molar-refractivity contribution is 5.95. The molecule has 0 aromatic heterocycles. The largest absolute Gasteiger partial charge is 0.497 e. The smallest absolute Gasteiger partial charge is 0.333 e. The van der Waals surface area contributed by atoms with Crippen LogP contribution in [0.1, 0.15) is 25.5 Å². The summed E-state index contributed by atoms with van der Waals surface area (Å²) in [6.07, 6.45) is 0. The summed E-state index contributed by atoms with van der Waals surface area (Å²) in [6, 6.07) is 8.20. The molecule has 2 aromatic carbocycles. The Hall–Kier alpha value is -2.76. The first-order valence-corrected chi connectivity index (χ1v) is 7.60. The fourth-order valence-electron chi connectivity index (χ4n) is 2.58. The van der Waals surface area contributed by atoms with E-state index in [1.807, 2.05) is 18.2 Å². The first-order valence-electron chi connectivity index (χ1n) is 7.60. The van der Waals surface area contributed by atoms with Gasteiger partial charge in [0.15, 0.2) is 6.04 Å². The lowest BCUT2D eigenvalue weighted by Crippen LogP contribution is -2.33. The summed E-state index contributed by atoms with van der Waals surface area (Å²) in [7, 11) is 3.08. The van der Waals surface area contributed by atoms with Crippen LogP contribution in [0.15, 0.2) is 30.3 Å². The number of amides is 1. The van der Waals surface area contributed by atoms with Crippen LogP contribution < -0.4 is 14.8 Å². The molecule has 0 heterocycles. The third-order valence-electron chi connectivity index (χ3n) is 3.61. The Kier molecular flexibility index (Phi) is 5.63. The molecule has 1 N–H and O–H groups in total. The van der Waals surface area contributed by atoms with Gasteiger partial charge in [-0.1, -0.05) is 12.1 Å². The standard InChI is InChI=1S/C18H21NO5/c1-5-24-18(21)17(19-11(2)20)16-14-10-13(22-3)8-6-12(14)7-9-15(16)23-4/h6-10,17H,5H2,1-4H3,(H,19,20)/t17-/m1/s1. The van der Waals surface area contributed by atoms with E-state index in [-0.39, 0.29) is 12.5 Å². The van der Waals surface area contributed by atoms with Crippen molar-refractivity contribution in [2.45, 2.75) is 19.9 Å². The Balaban J connectivity index is 2.71. The van der Waals surface area contributed by atoms with Gasteiger partial charge in [0.05, 0.1) is 20.8 Å². The van der Waals surface area contributed by atoms with Gasteiger partial charge in [0.1, 0.15) is 11.5 Å². The van der Waals surface area contributed by atoms with Crippen molar-refractivity contribution in [2.24, 2.45) is 0 Å². The van der Waals surface area contributed by atoms with Gasteiger partial charge in [-0.05, 0) is 35.9 Å². The van der Waals surface area contributed by atoms with Gasteiger partial charge in [0.2, 0.25) is 5.91 Å². The van der Waals surface area contributed by atoms with Crippen LogP contribution in [0.2, 0.25) is 0 Å². The van der Waals surface area contributed by atoms with E-state index in [9.17, 15) is 9.59 Å². The van der Waals surface area contributed by atoms with Crippen molar-refractivity contribution >= 4 is 22.6 Å². The highest BCUT2D eigenvalue weighted by atomic mass is 16.5. The second kappa shape index (κ2) is 7.68. The van der Waals surface area contributed by atoms with Gasteiger partial charge in [-0.15, -0.1) is 0 Å². The summed E-state index contributed by atoms with van der Waals surface area (Å²) in [5.41, 5.74) is 0.544. The summed E-state index contributed by atoms with van der Waals surface area (Å²) < 4.78 is 15.8. The Labute approximate surface area is 140 Å². The van der Waals surface area contributed by atoms with Gasteiger partial charge in [-0.3, -0.25) is 4.79 Å². The molecule has 6 nitrogen and oxygen atoms in total. The molecule has 0 aliphatic carbocycles. The molecule has 0 aliphatic heterocycles. The van der Waals surface area contributed by atoms with Gasteiger partial charge < -0.3 is 19.5 Å². The first-order chi connectivity index (χ1) is 11.5. The lowest BCUT2D eigenvalue weighted by molar-refractivity contribution is -0.147. The third kappa shape index (κ3) is 3.59. The topological polar surface area (TPSA) is 73.9 Å². The molecule has 128 valence electrons. The van der Waals surface area contributed by atoms with Crippen LogP contribution in [0.4, 0.5) is 0 Å². The summed E-state index contributed by atoms with van der Waals surface area (Å²) in [5.74, 6) is 0.251. The average Bonchev–Trinajstić information content (AvgIpc) is 2.58. The van der Waals surface area contributed by atoms with Gasteiger partial charge in [-0.2, -0.15) is 0 Å². The molecule has 0 saturated carbocycles. The highest BCUT2D eigenvalue weighted by Gasteiger charge is 2.28. The van der Waals surface area contributed by atoms with E-state index in [0.717, 1.165) is 10.8 Å². The molecule has 1 atom stereocenters. The highest BCUT2D eigenvalue weighted by Crippen LogP contribution is 2.35. The molecule has 0 radical (unpaired) electrons. The van der Waals surface area contributed by atoms with Crippen LogP contribution in [-0.2, 0) is 14.3 Å². The van der Waals surface area contributed by atoms with E-state index in [0.29, 0.717) is 17.1 Å². The fraction of sp³-hybridized carbons (Fsp3) is 0.333. The number of carbonyl (C=O) groups excluding carboxylic acids is 2. The number of nitrogens with one attached hydrogen (secondary N) is 1. The van der Waals surface area contributed by atoms with E-state index in [1.54, 1.807) is 26.2 Å². The first kappa shape index (κ1) is 17.6. The van der Waals surface area contributed by atoms with E-state index in [1.165, 1.54) is 14.0 Å². The minimum atomic E-state index is -0.965. The molecular formula is C18H21NO5. The fourth-order valence-corrected chi connectivity index (χ4v) is 2.58. The van der Waals surface area contributed by atoms with Crippen molar-refractivity contribution in [2.75, 3.05) is 20.8 Å². The Morgan fingerprint density at radius 3 is 2.42 bits per heavy atom. The second-order valence-corrected chi connectivity index (χ2v) is 5.15.